The van der Waals surface area contributed by atoms with Crippen molar-refractivity contribution in [2.24, 2.45) is 0 Å². The molecule has 3 nitrogen and oxygen atoms in total. The molecule has 56 valence electrons. The Morgan fingerprint density at radius 3 is 2.80 bits per heavy atom. The minimum Gasteiger partial charge on any atom is -0.444 e. The van der Waals surface area contributed by atoms with Crippen LogP contribution in [0.4, 0.5) is 0 Å². The lowest BCUT2D eigenvalue weighted by Crippen LogP contribution is -2.12. The average Bonchev–Trinajstić information content (AvgIpc) is 2.34. The molecule has 0 saturated heterocycles. The molecule has 0 saturated carbocycles. The first-order chi connectivity index (χ1) is 4.74. The molecule has 1 N–H and O–H groups in total. The highest BCUT2D eigenvalue weighted by Crippen LogP contribution is 2.10. The number of oxazole rings is 1. The monoisotopic (exact) mass is 140 g/mol. The van der Waals surface area contributed by atoms with Crippen molar-refractivity contribution in [2.45, 2.75) is 19.9 Å². The van der Waals surface area contributed by atoms with Crippen LogP contribution in [0.1, 0.15) is 24.6 Å². The van der Waals surface area contributed by atoms with Crippen LogP contribution in [0.25, 0.3) is 0 Å². The van der Waals surface area contributed by atoms with Gasteiger partial charge in [-0.15, -0.1) is 0 Å². The number of nitrogens with zero attached hydrogens (tertiary/aromatic N) is 1. The predicted molar refractivity (Wildman–Crippen MR) is 38.7 cm³/mol. The third-order valence-corrected chi connectivity index (χ3v) is 1.44. The molecule has 0 aliphatic rings. The van der Waals surface area contributed by atoms with Gasteiger partial charge in [0.1, 0.15) is 5.76 Å². The van der Waals surface area contributed by atoms with Crippen LogP contribution in [0, 0.1) is 6.92 Å². The first-order valence-corrected chi connectivity index (χ1v) is 3.33. The number of aryl methyl sites for hydroxylation is 1. The first-order valence-electron chi connectivity index (χ1n) is 3.33. The molecule has 1 aromatic rings. The fourth-order valence-corrected chi connectivity index (χ4v) is 0.696. The highest BCUT2D eigenvalue weighted by Gasteiger charge is 2.06. The van der Waals surface area contributed by atoms with Crippen LogP contribution in [0.3, 0.4) is 0 Å². The molecule has 0 aliphatic carbocycles. The van der Waals surface area contributed by atoms with Crippen LogP contribution in [0.15, 0.2) is 10.6 Å². The van der Waals surface area contributed by atoms with Gasteiger partial charge < -0.3 is 9.73 Å². The van der Waals surface area contributed by atoms with Gasteiger partial charge in [0.2, 0.25) is 5.89 Å². The van der Waals surface area contributed by atoms with Crippen LogP contribution in [0.5, 0.6) is 0 Å². The summed E-state index contributed by atoms with van der Waals surface area (Å²) < 4.78 is 5.26. The predicted octanol–water partition coefficient (Wildman–Crippen LogP) is 1.26. The molecular formula is C7H12N2O. The standard InChI is InChI=1S/C7H12N2O/c1-5-4-9-7(10-5)6(2)8-3/h4,6,8H,1-3H3. The smallest absolute Gasteiger partial charge is 0.211 e. The van der Waals surface area contributed by atoms with Gasteiger partial charge in [0, 0.05) is 0 Å². The molecule has 1 aromatic heterocycles. The number of rotatable bonds is 2. The molecule has 0 radical (unpaired) electrons. The highest BCUT2D eigenvalue weighted by atomic mass is 16.4. The second-order valence-corrected chi connectivity index (χ2v) is 2.32. The van der Waals surface area contributed by atoms with Crippen molar-refractivity contribution in [1.82, 2.24) is 10.3 Å². The van der Waals surface area contributed by atoms with Crippen LogP contribution < -0.4 is 5.32 Å². The van der Waals surface area contributed by atoms with Crippen LogP contribution >= 0.6 is 0 Å². The summed E-state index contributed by atoms with van der Waals surface area (Å²) in [7, 11) is 1.88. The van der Waals surface area contributed by atoms with Gasteiger partial charge in [-0.3, -0.25) is 0 Å². The molecule has 1 rings (SSSR count). The molecule has 1 unspecified atom stereocenters. The maximum atomic E-state index is 5.26. The number of aromatic nitrogens is 1. The van der Waals surface area contributed by atoms with Gasteiger partial charge in [0.25, 0.3) is 0 Å². The summed E-state index contributed by atoms with van der Waals surface area (Å²) in [6.07, 6.45) is 1.73. The van der Waals surface area contributed by atoms with Gasteiger partial charge in [0.05, 0.1) is 12.2 Å². The van der Waals surface area contributed by atoms with Gasteiger partial charge in [-0.25, -0.2) is 4.98 Å². The largest absolute Gasteiger partial charge is 0.444 e. The topological polar surface area (TPSA) is 38.1 Å². The first kappa shape index (κ1) is 7.28. The van der Waals surface area contributed by atoms with Gasteiger partial charge in [-0.1, -0.05) is 0 Å². The molecule has 0 bridgehead atoms. The van der Waals surface area contributed by atoms with E-state index in [2.05, 4.69) is 10.3 Å². The molecule has 0 aromatic carbocycles. The van der Waals surface area contributed by atoms with E-state index in [1.54, 1.807) is 6.20 Å². The maximum Gasteiger partial charge on any atom is 0.211 e. The zero-order valence-electron chi connectivity index (χ0n) is 6.51. The van der Waals surface area contributed by atoms with E-state index < -0.39 is 0 Å². The van der Waals surface area contributed by atoms with Crippen molar-refractivity contribution >= 4 is 0 Å². The Bertz CT molecular complexity index is 207. The Labute approximate surface area is 60.5 Å². The van der Waals surface area contributed by atoms with E-state index in [0.29, 0.717) is 0 Å². The Morgan fingerprint density at radius 2 is 2.40 bits per heavy atom. The Morgan fingerprint density at radius 1 is 1.70 bits per heavy atom. The number of nitrogens with one attached hydrogen (secondary N) is 1. The summed E-state index contributed by atoms with van der Waals surface area (Å²) >= 11 is 0. The molecule has 1 heterocycles. The molecule has 3 heteroatoms. The summed E-state index contributed by atoms with van der Waals surface area (Å²) in [6, 6.07) is 0.202. The van der Waals surface area contributed by atoms with Crippen molar-refractivity contribution < 1.29 is 4.42 Å². The Kier molecular flexibility index (Phi) is 2.06. The highest BCUT2D eigenvalue weighted by molar-refractivity contribution is 4.94. The van der Waals surface area contributed by atoms with Crippen LogP contribution in [-0.2, 0) is 0 Å². The summed E-state index contributed by atoms with van der Waals surface area (Å²) in [5.41, 5.74) is 0. The summed E-state index contributed by atoms with van der Waals surface area (Å²) in [5.74, 6) is 1.61. The fourth-order valence-electron chi connectivity index (χ4n) is 0.696. The SMILES string of the molecule is CNC(C)c1ncc(C)o1. The fraction of sp³-hybridized carbons (Fsp3) is 0.571. The molecule has 0 fully saturated rings. The zero-order valence-corrected chi connectivity index (χ0v) is 6.51. The number of hydrogen-bond acceptors (Lipinski definition) is 3. The normalized spacial score (nSPS) is 13.5. The van der Waals surface area contributed by atoms with Gasteiger partial charge in [-0.2, -0.15) is 0 Å². The van der Waals surface area contributed by atoms with Crippen LogP contribution in [-0.4, -0.2) is 12.0 Å². The minimum atomic E-state index is 0.202. The summed E-state index contributed by atoms with van der Waals surface area (Å²) in [5, 5.41) is 3.04. The third kappa shape index (κ3) is 1.36. The van der Waals surface area contributed by atoms with Crippen molar-refractivity contribution in [3.8, 4) is 0 Å². The van der Waals surface area contributed by atoms with Crippen molar-refractivity contribution in [1.29, 1.82) is 0 Å². The molecule has 0 amide bonds. The molecule has 1 atom stereocenters. The van der Waals surface area contributed by atoms with Crippen molar-refractivity contribution in [2.75, 3.05) is 7.05 Å². The molecule has 0 spiro atoms. The van der Waals surface area contributed by atoms with Gasteiger partial charge in [-0.05, 0) is 20.9 Å². The summed E-state index contributed by atoms with van der Waals surface area (Å²) in [6.45, 7) is 3.89. The van der Waals surface area contributed by atoms with E-state index in [4.69, 9.17) is 4.42 Å². The molecular weight excluding hydrogens is 128 g/mol. The zero-order chi connectivity index (χ0) is 7.56. The second-order valence-electron chi connectivity index (χ2n) is 2.32. The lowest BCUT2D eigenvalue weighted by atomic mass is 10.3. The van der Waals surface area contributed by atoms with Crippen molar-refractivity contribution in [3.63, 3.8) is 0 Å². The lowest BCUT2D eigenvalue weighted by Gasteiger charge is -2.02. The lowest BCUT2D eigenvalue weighted by molar-refractivity contribution is 0.418. The van der Waals surface area contributed by atoms with E-state index in [0.717, 1.165) is 11.7 Å². The van der Waals surface area contributed by atoms with E-state index >= 15 is 0 Å². The van der Waals surface area contributed by atoms with Gasteiger partial charge >= 0.3 is 0 Å². The van der Waals surface area contributed by atoms with E-state index in [1.807, 2.05) is 20.9 Å². The number of hydrogen-bond donors (Lipinski definition) is 1. The molecule has 10 heavy (non-hydrogen) atoms. The van der Waals surface area contributed by atoms with Gasteiger partial charge in [0.15, 0.2) is 0 Å². The summed E-state index contributed by atoms with van der Waals surface area (Å²) in [4.78, 5) is 4.06. The van der Waals surface area contributed by atoms with E-state index in [1.165, 1.54) is 0 Å². The Balaban J connectivity index is 2.74. The Hall–Kier alpha value is -0.830. The van der Waals surface area contributed by atoms with Crippen molar-refractivity contribution in [3.05, 3.63) is 17.8 Å². The van der Waals surface area contributed by atoms with E-state index in [9.17, 15) is 0 Å². The van der Waals surface area contributed by atoms with Crippen LogP contribution in [0.2, 0.25) is 0 Å². The average molecular weight is 140 g/mol. The molecule has 0 aliphatic heterocycles. The maximum absolute atomic E-state index is 5.26. The second kappa shape index (κ2) is 2.84. The third-order valence-electron chi connectivity index (χ3n) is 1.44. The minimum absolute atomic E-state index is 0.202. The quantitative estimate of drug-likeness (QED) is 0.672. The van der Waals surface area contributed by atoms with E-state index in [-0.39, 0.29) is 6.04 Å².